The number of amides is 2. The zero-order valence-corrected chi connectivity index (χ0v) is 12.3. The molecule has 3 N–H and O–H groups in total. The summed E-state index contributed by atoms with van der Waals surface area (Å²) < 4.78 is 0. The van der Waals surface area contributed by atoms with Crippen LogP contribution >= 0.6 is 0 Å². The van der Waals surface area contributed by atoms with Gasteiger partial charge in [-0.15, -0.1) is 0 Å². The van der Waals surface area contributed by atoms with Gasteiger partial charge in [-0.05, 0) is 19.8 Å². The Balaban J connectivity index is 4.77. The third-order valence-corrected chi connectivity index (χ3v) is 3.11. The van der Waals surface area contributed by atoms with Crippen LogP contribution in [0, 0.1) is 0 Å². The lowest BCUT2D eigenvalue weighted by Crippen LogP contribution is -2.51. The van der Waals surface area contributed by atoms with Crippen molar-refractivity contribution in [3.05, 3.63) is 0 Å². The second-order valence-electron chi connectivity index (χ2n) is 4.74. The zero-order chi connectivity index (χ0) is 15.7. The van der Waals surface area contributed by atoms with E-state index in [4.69, 9.17) is 10.2 Å². The first-order valence-electron chi connectivity index (χ1n) is 6.85. The molecule has 0 radical (unpaired) electrons. The van der Waals surface area contributed by atoms with E-state index in [0.717, 1.165) is 19.3 Å². The third-order valence-electron chi connectivity index (χ3n) is 3.11. The molecule has 2 atom stereocenters. The summed E-state index contributed by atoms with van der Waals surface area (Å²) in [5.41, 5.74) is 0. The Morgan fingerprint density at radius 2 is 1.80 bits per heavy atom. The topological polar surface area (TPSA) is 107 Å². The van der Waals surface area contributed by atoms with Crippen molar-refractivity contribution in [3.8, 4) is 0 Å². The van der Waals surface area contributed by atoms with Crippen LogP contribution in [-0.2, 0) is 9.59 Å². The lowest BCUT2D eigenvalue weighted by molar-refractivity contribution is -0.145. The summed E-state index contributed by atoms with van der Waals surface area (Å²) >= 11 is 0. The molecule has 0 aliphatic heterocycles. The largest absolute Gasteiger partial charge is 0.481 e. The van der Waals surface area contributed by atoms with Crippen LogP contribution < -0.4 is 5.32 Å². The molecule has 0 aromatic heterocycles. The Kier molecular flexibility index (Phi) is 8.35. The molecule has 2 unspecified atom stereocenters. The molecule has 0 heterocycles. The molecule has 0 aliphatic rings. The van der Waals surface area contributed by atoms with Crippen molar-refractivity contribution in [3.63, 3.8) is 0 Å². The van der Waals surface area contributed by atoms with Crippen molar-refractivity contribution in [2.75, 3.05) is 6.54 Å². The maximum atomic E-state index is 12.1. The number of carboxylic acid groups (broad SMARTS) is 2. The summed E-state index contributed by atoms with van der Waals surface area (Å²) in [5, 5.41) is 19.9. The first-order chi connectivity index (χ1) is 9.33. The minimum atomic E-state index is -1.41. The molecule has 7 nitrogen and oxygen atoms in total. The maximum Gasteiger partial charge on any atom is 0.326 e. The van der Waals surface area contributed by atoms with Crippen molar-refractivity contribution in [1.29, 1.82) is 0 Å². The minimum Gasteiger partial charge on any atom is -0.481 e. The lowest BCUT2D eigenvalue weighted by atomic mass is 10.2. The summed E-state index contributed by atoms with van der Waals surface area (Å²) in [6.07, 6.45) is 1.84. The number of carboxylic acids is 2. The van der Waals surface area contributed by atoms with E-state index in [0.29, 0.717) is 6.54 Å². The number of carbonyl (C=O) groups excluding carboxylic acids is 1. The Hall–Kier alpha value is -1.79. The van der Waals surface area contributed by atoms with Crippen LogP contribution in [0.25, 0.3) is 0 Å². The average Bonchev–Trinajstić information content (AvgIpc) is 2.37. The molecular weight excluding hydrogens is 264 g/mol. The average molecular weight is 288 g/mol. The van der Waals surface area contributed by atoms with Gasteiger partial charge in [0.2, 0.25) is 0 Å². The fraction of sp³-hybridized carbons (Fsp3) is 0.769. The van der Waals surface area contributed by atoms with Gasteiger partial charge in [-0.3, -0.25) is 4.79 Å². The number of carbonyl (C=O) groups is 3. The maximum absolute atomic E-state index is 12.1. The van der Waals surface area contributed by atoms with Crippen LogP contribution in [0.4, 0.5) is 4.79 Å². The standard InChI is InChI=1S/C13H24N2O5/c1-4-6-7-15(9(3)5-2)13(20)14-10(12(18)19)8-11(16)17/h9-10H,4-8H2,1-3H3,(H,14,20)(H,16,17)(H,18,19). The highest BCUT2D eigenvalue weighted by molar-refractivity contribution is 5.86. The van der Waals surface area contributed by atoms with Gasteiger partial charge in [0.1, 0.15) is 6.04 Å². The highest BCUT2D eigenvalue weighted by Gasteiger charge is 2.26. The van der Waals surface area contributed by atoms with Gasteiger partial charge in [0.05, 0.1) is 6.42 Å². The van der Waals surface area contributed by atoms with Gasteiger partial charge in [-0.25, -0.2) is 9.59 Å². The monoisotopic (exact) mass is 288 g/mol. The third kappa shape index (κ3) is 6.40. The Labute approximate surface area is 119 Å². The molecule has 0 saturated heterocycles. The number of unbranched alkanes of at least 4 members (excludes halogenated alkanes) is 1. The zero-order valence-electron chi connectivity index (χ0n) is 12.3. The van der Waals surface area contributed by atoms with Crippen LogP contribution in [0.2, 0.25) is 0 Å². The molecular formula is C13H24N2O5. The summed E-state index contributed by atoms with van der Waals surface area (Å²) in [6.45, 7) is 6.33. The highest BCUT2D eigenvalue weighted by Crippen LogP contribution is 2.07. The van der Waals surface area contributed by atoms with Gasteiger partial charge in [-0.2, -0.15) is 0 Å². The number of hydrogen-bond donors (Lipinski definition) is 3. The summed E-state index contributed by atoms with van der Waals surface area (Å²) in [7, 11) is 0. The van der Waals surface area contributed by atoms with E-state index in [1.54, 1.807) is 4.90 Å². The molecule has 0 rings (SSSR count). The van der Waals surface area contributed by atoms with Crippen LogP contribution in [-0.4, -0.2) is 51.7 Å². The van der Waals surface area contributed by atoms with Crippen LogP contribution in [0.5, 0.6) is 0 Å². The number of hydrogen-bond acceptors (Lipinski definition) is 3. The van der Waals surface area contributed by atoms with Gasteiger partial charge in [0, 0.05) is 12.6 Å². The van der Waals surface area contributed by atoms with E-state index in [9.17, 15) is 14.4 Å². The van der Waals surface area contributed by atoms with E-state index in [-0.39, 0.29) is 6.04 Å². The predicted molar refractivity (Wildman–Crippen MR) is 73.6 cm³/mol. The number of rotatable bonds is 9. The van der Waals surface area contributed by atoms with E-state index < -0.39 is 30.4 Å². The second-order valence-corrected chi connectivity index (χ2v) is 4.74. The fourth-order valence-corrected chi connectivity index (χ4v) is 1.68. The normalized spacial score (nSPS) is 13.3. The Morgan fingerprint density at radius 3 is 2.20 bits per heavy atom. The first-order valence-corrected chi connectivity index (χ1v) is 6.85. The van der Waals surface area contributed by atoms with Crippen LogP contribution in [0.1, 0.15) is 46.5 Å². The van der Waals surface area contributed by atoms with Crippen molar-refractivity contribution < 1.29 is 24.6 Å². The molecule has 7 heteroatoms. The SMILES string of the molecule is CCCCN(C(=O)NC(CC(=O)O)C(=O)O)C(C)CC. The molecule has 0 saturated carbocycles. The van der Waals surface area contributed by atoms with Gasteiger partial charge in [-0.1, -0.05) is 20.3 Å². The summed E-state index contributed by atoms with van der Waals surface area (Å²) in [6, 6.07) is -1.96. The number of urea groups is 1. The van der Waals surface area contributed by atoms with E-state index in [1.807, 2.05) is 20.8 Å². The predicted octanol–water partition coefficient (Wildman–Crippen LogP) is 1.52. The first kappa shape index (κ1) is 18.2. The van der Waals surface area contributed by atoms with Gasteiger partial charge in [0.25, 0.3) is 0 Å². The Morgan fingerprint density at radius 1 is 1.20 bits per heavy atom. The van der Waals surface area contributed by atoms with Crippen LogP contribution in [0.15, 0.2) is 0 Å². The van der Waals surface area contributed by atoms with Crippen molar-refractivity contribution in [2.24, 2.45) is 0 Å². The van der Waals surface area contributed by atoms with Crippen molar-refractivity contribution in [2.45, 2.75) is 58.5 Å². The molecule has 0 spiro atoms. The van der Waals surface area contributed by atoms with Gasteiger partial charge >= 0.3 is 18.0 Å². The van der Waals surface area contributed by atoms with Crippen molar-refractivity contribution in [1.82, 2.24) is 10.2 Å². The molecule has 0 fully saturated rings. The number of aliphatic carboxylic acids is 2. The lowest BCUT2D eigenvalue weighted by Gasteiger charge is -2.29. The molecule has 20 heavy (non-hydrogen) atoms. The molecule has 0 bridgehead atoms. The van der Waals surface area contributed by atoms with E-state index in [1.165, 1.54) is 0 Å². The molecule has 0 aliphatic carbocycles. The second kappa shape index (κ2) is 9.17. The van der Waals surface area contributed by atoms with Crippen LogP contribution in [0.3, 0.4) is 0 Å². The molecule has 116 valence electrons. The molecule has 0 aromatic carbocycles. The quantitative estimate of drug-likeness (QED) is 0.596. The Bertz CT molecular complexity index is 346. The number of nitrogens with one attached hydrogen (secondary N) is 1. The molecule has 0 aromatic rings. The van der Waals surface area contributed by atoms with Gasteiger partial charge < -0.3 is 20.4 Å². The smallest absolute Gasteiger partial charge is 0.326 e. The summed E-state index contributed by atoms with van der Waals surface area (Å²) in [4.78, 5) is 35.2. The minimum absolute atomic E-state index is 0.0270. The fourth-order valence-electron chi connectivity index (χ4n) is 1.68. The van der Waals surface area contributed by atoms with Gasteiger partial charge in [0.15, 0.2) is 0 Å². The van der Waals surface area contributed by atoms with E-state index >= 15 is 0 Å². The summed E-state index contributed by atoms with van der Waals surface area (Å²) in [5.74, 6) is -2.61. The molecule has 2 amide bonds. The highest BCUT2D eigenvalue weighted by atomic mass is 16.4. The van der Waals surface area contributed by atoms with Crippen molar-refractivity contribution >= 4 is 18.0 Å². The number of nitrogens with zero attached hydrogens (tertiary/aromatic N) is 1. The van der Waals surface area contributed by atoms with E-state index in [2.05, 4.69) is 5.32 Å².